The van der Waals surface area contributed by atoms with Crippen LogP contribution in [0.5, 0.6) is 0 Å². The van der Waals surface area contributed by atoms with E-state index in [0.29, 0.717) is 6.07 Å². The Kier molecular flexibility index (Phi) is 4.03. The third-order valence-corrected chi connectivity index (χ3v) is 2.92. The van der Waals surface area contributed by atoms with E-state index in [1.54, 1.807) is 0 Å². The van der Waals surface area contributed by atoms with Gasteiger partial charge in [-0.2, -0.15) is 13.2 Å². The summed E-state index contributed by atoms with van der Waals surface area (Å²) in [4.78, 5) is 10.2. The predicted molar refractivity (Wildman–Crippen MR) is 59.1 cm³/mol. The molecular weight excluding hydrogens is 255 g/mol. The van der Waals surface area contributed by atoms with Gasteiger partial charge < -0.3 is 0 Å². The van der Waals surface area contributed by atoms with Crippen LogP contribution in [-0.4, -0.2) is 10.2 Å². The van der Waals surface area contributed by atoms with Crippen LogP contribution in [0.25, 0.3) is 0 Å². The Hall–Kier alpha value is -1.24. The second-order valence-electron chi connectivity index (χ2n) is 3.60. The van der Waals surface area contributed by atoms with Gasteiger partial charge in [-0.1, -0.05) is 13.8 Å². The standard InChI is InChI=1S/C10H10F3NO2S/c1-6(2)17-9-4-3-7(10(11,12)13)5-8(9)14(15)16/h3-6H,1-2H3. The van der Waals surface area contributed by atoms with Crippen molar-refractivity contribution in [2.45, 2.75) is 30.2 Å². The lowest BCUT2D eigenvalue weighted by atomic mass is 10.2. The molecule has 0 aromatic heterocycles. The Morgan fingerprint density at radius 2 is 1.94 bits per heavy atom. The van der Waals surface area contributed by atoms with Crippen LogP contribution in [0.3, 0.4) is 0 Å². The molecule has 17 heavy (non-hydrogen) atoms. The minimum atomic E-state index is -4.56. The molecule has 0 heterocycles. The topological polar surface area (TPSA) is 43.1 Å². The number of rotatable bonds is 3. The van der Waals surface area contributed by atoms with Gasteiger partial charge in [0.2, 0.25) is 0 Å². The van der Waals surface area contributed by atoms with Gasteiger partial charge in [0.25, 0.3) is 5.69 Å². The van der Waals surface area contributed by atoms with Crippen molar-refractivity contribution >= 4 is 17.4 Å². The SMILES string of the molecule is CC(C)Sc1ccc(C(F)(F)F)cc1[N+](=O)[O-]. The van der Waals surface area contributed by atoms with Crippen LogP contribution in [0, 0.1) is 10.1 Å². The van der Waals surface area contributed by atoms with Gasteiger partial charge in [0.05, 0.1) is 15.4 Å². The summed E-state index contributed by atoms with van der Waals surface area (Å²) in [6, 6.07) is 2.58. The molecule has 0 aliphatic rings. The number of hydrogen-bond donors (Lipinski definition) is 0. The van der Waals surface area contributed by atoms with Gasteiger partial charge >= 0.3 is 6.18 Å². The van der Waals surface area contributed by atoms with Crippen LogP contribution < -0.4 is 0 Å². The number of hydrogen-bond acceptors (Lipinski definition) is 3. The fourth-order valence-corrected chi connectivity index (χ4v) is 2.10. The van der Waals surface area contributed by atoms with Gasteiger partial charge in [0.15, 0.2) is 0 Å². The number of nitro groups is 1. The van der Waals surface area contributed by atoms with E-state index in [1.807, 2.05) is 13.8 Å². The average Bonchev–Trinajstić information content (AvgIpc) is 2.15. The summed E-state index contributed by atoms with van der Waals surface area (Å²) in [7, 11) is 0. The molecule has 1 rings (SSSR count). The van der Waals surface area contributed by atoms with Crippen molar-refractivity contribution in [2.24, 2.45) is 0 Å². The lowest BCUT2D eigenvalue weighted by Crippen LogP contribution is -2.06. The minimum absolute atomic E-state index is 0.0606. The summed E-state index contributed by atoms with van der Waals surface area (Å²) in [5.41, 5.74) is -1.50. The molecule has 0 fully saturated rings. The minimum Gasteiger partial charge on any atom is -0.258 e. The van der Waals surface area contributed by atoms with E-state index < -0.39 is 22.4 Å². The molecule has 94 valence electrons. The van der Waals surface area contributed by atoms with Gasteiger partial charge in [0, 0.05) is 11.3 Å². The smallest absolute Gasteiger partial charge is 0.258 e. The molecule has 0 radical (unpaired) electrons. The van der Waals surface area contributed by atoms with Gasteiger partial charge in [-0.25, -0.2) is 0 Å². The van der Waals surface area contributed by atoms with E-state index in [2.05, 4.69) is 0 Å². The monoisotopic (exact) mass is 265 g/mol. The largest absolute Gasteiger partial charge is 0.416 e. The zero-order valence-electron chi connectivity index (χ0n) is 9.12. The summed E-state index contributed by atoms with van der Waals surface area (Å²) in [5.74, 6) is 0. The Balaban J connectivity index is 3.22. The van der Waals surface area contributed by atoms with Gasteiger partial charge in [-0.15, -0.1) is 11.8 Å². The summed E-state index contributed by atoms with van der Waals surface area (Å²) in [6.45, 7) is 3.62. The van der Waals surface area contributed by atoms with E-state index in [1.165, 1.54) is 0 Å². The molecule has 7 heteroatoms. The molecule has 1 aromatic rings. The van der Waals surface area contributed by atoms with E-state index >= 15 is 0 Å². The van der Waals surface area contributed by atoms with Crippen molar-refractivity contribution in [2.75, 3.05) is 0 Å². The quantitative estimate of drug-likeness (QED) is 0.469. The Labute approximate surface area is 100 Å². The molecule has 0 N–H and O–H groups in total. The maximum atomic E-state index is 12.4. The highest BCUT2D eigenvalue weighted by Crippen LogP contribution is 2.37. The van der Waals surface area contributed by atoms with Crippen molar-refractivity contribution in [3.8, 4) is 0 Å². The number of alkyl halides is 3. The maximum Gasteiger partial charge on any atom is 0.416 e. The highest BCUT2D eigenvalue weighted by Gasteiger charge is 2.33. The van der Waals surface area contributed by atoms with E-state index in [-0.39, 0.29) is 10.1 Å². The van der Waals surface area contributed by atoms with E-state index in [0.717, 1.165) is 23.9 Å². The molecule has 0 bridgehead atoms. The fourth-order valence-electron chi connectivity index (χ4n) is 1.19. The Morgan fingerprint density at radius 1 is 1.35 bits per heavy atom. The van der Waals surface area contributed by atoms with E-state index in [4.69, 9.17) is 0 Å². The first-order valence-corrected chi connectivity index (χ1v) is 5.62. The third kappa shape index (κ3) is 3.62. The second kappa shape index (κ2) is 4.95. The molecule has 0 saturated carbocycles. The first kappa shape index (κ1) is 13.8. The summed E-state index contributed by atoms with van der Waals surface area (Å²) in [5, 5.41) is 10.8. The van der Waals surface area contributed by atoms with Crippen LogP contribution in [0.1, 0.15) is 19.4 Å². The van der Waals surface area contributed by atoms with Gasteiger partial charge in [-0.05, 0) is 12.1 Å². The Bertz CT molecular complexity index is 432. The molecule has 0 saturated heterocycles. The second-order valence-corrected chi connectivity index (χ2v) is 5.22. The number of halogens is 3. The first-order chi connectivity index (χ1) is 7.71. The van der Waals surface area contributed by atoms with Gasteiger partial charge in [-0.3, -0.25) is 10.1 Å². The zero-order chi connectivity index (χ0) is 13.2. The molecule has 0 atom stereocenters. The number of benzene rings is 1. The third-order valence-electron chi connectivity index (χ3n) is 1.85. The molecule has 1 aromatic carbocycles. The molecule has 0 amide bonds. The van der Waals surface area contributed by atoms with Gasteiger partial charge in [0.1, 0.15) is 0 Å². The molecule has 0 unspecified atom stereocenters. The summed E-state index contributed by atoms with van der Waals surface area (Å²) in [6.07, 6.45) is -4.56. The van der Waals surface area contributed by atoms with Crippen LogP contribution in [0.2, 0.25) is 0 Å². The lowest BCUT2D eigenvalue weighted by Gasteiger charge is -2.09. The van der Waals surface area contributed by atoms with Crippen LogP contribution in [0.4, 0.5) is 18.9 Å². The molecule has 0 aliphatic carbocycles. The summed E-state index contributed by atoms with van der Waals surface area (Å²) >= 11 is 1.16. The molecule has 0 spiro atoms. The van der Waals surface area contributed by atoms with Crippen LogP contribution >= 0.6 is 11.8 Å². The number of thioether (sulfide) groups is 1. The molecular formula is C10H10F3NO2S. The first-order valence-electron chi connectivity index (χ1n) is 4.74. The summed E-state index contributed by atoms with van der Waals surface area (Å²) < 4.78 is 37.2. The highest BCUT2D eigenvalue weighted by atomic mass is 32.2. The number of nitrogens with zero attached hydrogens (tertiary/aromatic N) is 1. The van der Waals surface area contributed by atoms with Crippen LogP contribution in [-0.2, 0) is 6.18 Å². The van der Waals surface area contributed by atoms with Crippen molar-refractivity contribution < 1.29 is 18.1 Å². The Morgan fingerprint density at radius 3 is 2.35 bits per heavy atom. The number of nitro benzene ring substituents is 1. The maximum absolute atomic E-state index is 12.4. The normalized spacial score (nSPS) is 11.9. The van der Waals surface area contributed by atoms with Crippen molar-refractivity contribution in [1.82, 2.24) is 0 Å². The average molecular weight is 265 g/mol. The lowest BCUT2D eigenvalue weighted by molar-refractivity contribution is -0.388. The zero-order valence-corrected chi connectivity index (χ0v) is 9.93. The van der Waals surface area contributed by atoms with E-state index in [9.17, 15) is 23.3 Å². The fraction of sp³-hybridized carbons (Fsp3) is 0.400. The molecule has 3 nitrogen and oxygen atoms in total. The van der Waals surface area contributed by atoms with Crippen molar-refractivity contribution in [3.05, 3.63) is 33.9 Å². The predicted octanol–water partition coefficient (Wildman–Crippen LogP) is 4.11. The van der Waals surface area contributed by atoms with Crippen LogP contribution in [0.15, 0.2) is 23.1 Å². The van der Waals surface area contributed by atoms with Crippen molar-refractivity contribution in [1.29, 1.82) is 0 Å². The highest BCUT2D eigenvalue weighted by molar-refractivity contribution is 8.00. The van der Waals surface area contributed by atoms with Crippen molar-refractivity contribution in [3.63, 3.8) is 0 Å². The molecule has 0 aliphatic heterocycles.